The minimum atomic E-state index is -0.236. The Morgan fingerprint density at radius 2 is 1.54 bits per heavy atom. The quantitative estimate of drug-likeness (QED) is 0.263. The standard InChI is InChI=1S/C30H22Cl2N2O/c31-20-14-15-23(25(32)18-20)28-27(24-12-6-7-13-26(24)33-28)29-21-10-4-5-11-22(21)30(35)34(29)17-16-19-8-2-1-3-9-19/h1-15,18,29,33H,16-17H2/t29-/m0/s1. The van der Waals surface area contributed by atoms with E-state index < -0.39 is 0 Å². The van der Waals surface area contributed by atoms with Crippen molar-refractivity contribution in [2.75, 3.05) is 6.54 Å². The fraction of sp³-hybridized carbons (Fsp3) is 0.100. The van der Waals surface area contributed by atoms with Crippen molar-refractivity contribution < 1.29 is 4.79 Å². The molecule has 1 atom stereocenters. The van der Waals surface area contributed by atoms with Crippen LogP contribution in [0.1, 0.15) is 33.1 Å². The molecule has 5 aromatic rings. The third-order valence-electron chi connectivity index (χ3n) is 6.76. The summed E-state index contributed by atoms with van der Waals surface area (Å²) in [6.07, 6.45) is 0.774. The molecule has 0 aliphatic carbocycles. The summed E-state index contributed by atoms with van der Waals surface area (Å²) in [6, 6.07) is 31.7. The van der Waals surface area contributed by atoms with Gasteiger partial charge in [0, 0.05) is 39.2 Å². The molecule has 3 nitrogen and oxygen atoms in total. The number of aromatic nitrogens is 1. The number of rotatable bonds is 5. The lowest BCUT2D eigenvalue weighted by Crippen LogP contribution is -2.31. The third-order valence-corrected chi connectivity index (χ3v) is 7.31. The topological polar surface area (TPSA) is 36.1 Å². The summed E-state index contributed by atoms with van der Waals surface area (Å²) in [5, 5.41) is 2.23. The van der Waals surface area contributed by atoms with E-state index in [1.54, 1.807) is 6.07 Å². The molecule has 5 heteroatoms. The predicted molar refractivity (Wildman–Crippen MR) is 143 cm³/mol. The molecule has 6 rings (SSSR count). The molecule has 0 spiro atoms. The number of nitrogens with zero attached hydrogens (tertiary/aromatic N) is 1. The van der Waals surface area contributed by atoms with Crippen molar-refractivity contribution in [3.05, 3.63) is 129 Å². The molecule has 0 saturated heterocycles. The molecule has 1 amide bonds. The zero-order valence-electron chi connectivity index (χ0n) is 18.8. The molecular formula is C30H22Cl2N2O. The van der Waals surface area contributed by atoms with Gasteiger partial charge in [-0.3, -0.25) is 4.79 Å². The number of carbonyl (C=O) groups excluding carboxylic acids is 1. The van der Waals surface area contributed by atoms with Crippen molar-refractivity contribution >= 4 is 40.0 Å². The Morgan fingerprint density at radius 3 is 2.37 bits per heavy atom. The molecule has 0 bridgehead atoms. The zero-order valence-corrected chi connectivity index (χ0v) is 20.4. The summed E-state index contributed by atoms with van der Waals surface area (Å²) in [5.41, 5.74) is 6.80. The van der Waals surface area contributed by atoms with Crippen LogP contribution in [0, 0.1) is 0 Å². The Morgan fingerprint density at radius 1 is 0.800 bits per heavy atom. The number of halogens is 2. The minimum Gasteiger partial charge on any atom is -0.354 e. The normalized spacial score (nSPS) is 15.1. The molecular weight excluding hydrogens is 475 g/mol. The largest absolute Gasteiger partial charge is 0.354 e. The van der Waals surface area contributed by atoms with Gasteiger partial charge in [-0.2, -0.15) is 0 Å². The summed E-state index contributed by atoms with van der Waals surface area (Å²) in [7, 11) is 0. The van der Waals surface area contributed by atoms with Crippen LogP contribution in [0.3, 0.4) is 0 Å². The number of H-pyrrole nitrogens is 1. The Bertz CT molecular complexity index is 1560. The summed E-state index contributed by atoms with van der Waals surface area (Å²) in [5.74, 6) is 0.0555. The van der Waals surface area contributed by atoms with Crippen LogP contribution >= 0.6 is 23.2 Å². The maximum atomic E-state index is 13.7. The van der Waals surface area contributed by atoms with E-state index in [1.165, 1.54) is 5.56 Å². The highest BCUT2D eigenvalue weighted by molar-refractivity contribution is 6.36. The average molecular weight is 497 g/mol. The maximum absolute atomic E-state index is 13.7. The van der Waals surface area contributed by atoms with Crippen LogP contribution in [-0.4, -0.2) is 22.3 Å². The molecule has 1 N–H and O–H groups in total. The molecule has 4 aromatic carbocycles. The molecule has 0 fully saturated rings. The fourth-order valence-corrected chi connectivity index (χ4v) is 5.66. The second kappa shape index (κ2) is 8.92. The molecule has 0 saturated carbocycles. The van der Waals surface area contributed by atoms with Gasteiger partial charge in [-0.25, -0.2) is 0 Å². The SMILES string of the molecule is O=C1c2ccccc2[C@@H](c2c(-c3ccc(Cl)cc3Cl)[nH]c3ccccc23)N1CCc1ccccc1. The first-order valence-corrected chi connectivity index (χ1v) is 12.4. The molecule has 1 aliphatic heterocycles. The number of hydrogen-bond donors (Lipinski definition) is 1. The van der Waals surface area contributed by atoms with Crippen LogP contribution in [-0.2, 0) is 6.42 Å². The van der Waals surface area contributed by atoms with Crippen LogP contribution < -0.4 is 0 Å². The smallest absolute Gasteiger partial charge is 0.255 e. The Kier molecular flexibility index (Phi) is 5.60. The molecule has 0 unspecified atom stereocenters. The van der Waals surface area contributed by atoms with Gasteiger partial charge in [-0.1, -0.05) is 89.9 Å². The highest BCUT2D eigenvalue weighted by Gasteiger charge is 2.40. The number of para-hydroxylation sites is 1. The van der Waals surface area contributed by atoms with E-state index >= 15 is 0 Å². The van der Waals surface area contributed by atoms with Crippen molar-refractivity contribution in [1.82, 2.24) is 9.88 Å². The average Bonchev–Trinajstić information content (AvgIpc) is 3.38. The van der Waals surface area contributed by atoms with Gasteiger partial charge in [-0.15, -0.1) is 0 Å². The number of aromatic amines is 1. The summed E-state index contributed by atoms with van der Waals surface area (Å²) >= 11 is 12.9. The van der Waals surface area contributed by atoms with E-state index in [0.717, 1.165) is 45.3 Å². The summed E-state index contributed by atoms with van der Waals surface area (Å²) < 4.78 is 0. The molecule has 1 aromatic heterocycles. The fourth-order valence-electron chi connectivity index (χ4n) is 5.16. The van der Waals surface area contributed by atoms with Gasteiger partial charge in [0.2, 0.25) is 0 Å². The molecule has 2 heterocycles. The van der Waals surface area contributed by atoms with E-state index in [2.05, 4.69) is 35.3 Å². The van der Waals surface area contributed by atoms with Crippen LogP contribution in [0.2, 0.25) is 10.0 Å². The highest BCUT2D eigenvalue weighted by Crippen LogP contribution is 2.46. The van der Waals surface area contributed by atoms with Gasteiger partial charge < -0.3 is 9.88 Å². The van der Waals surface area contributed by atoms with E-state index in [4.69, 9.17) is 23.2 Å². The van der Waals surface area contributed by atoms with E-state index in [-0.39, 0.29) is 11.9 Å². The lowest BCUT2D eigenvalue weighted by molar-refractivity contribution is 0.0753. The van der Waals surface area contributed by atoms with Gasteiger partial charge in [0.1, 0.15) is 0 Å². The van der Waals surface area contributed by atoms with Gasteiger partial charge in [0.25, 0.3) is 5.91 Å². The molecule has 0 radical (unpaired) electrons. The first kappa shape index (κ1) is 22.0. The van der Waals surface area contributed by atoms with Gasteiger partial charge in [0.05, 0.1) is 16.8 Å². The Hall–Kier alpha value is -3.53. The van der Waals surface area contributed by atoms with Crippen LogP contribution in [0.5, 0.6) is 0 Å². The summed E-state index contributed by atoms with van der Waals surface area (Å²) in [4.78, 5) is 19.3. The second-order valence-corrected chi connectivity index (χ2v) is 9.65. The van der Waals surface area contributed by atoms with Crippen molar-refractivity contribution in [2.45, 2.75) is 12.5 Å². The number of hydrogen-bond acceptors (Lipinski definition) is 1. The van der Waals surface area contributed by atoms with Gasteiger partial charge in [0.15, 0.2) is 0 Å². The Balaban J connectivity index is 1.55. The number of carbonyl (C=O) groups is 1. The number of nitrogens with one attached hydrogen (secondary N) is 1. The van der Waals surface area contributed by atoms with E-state index in [1.807, 2.05) is 65.6 Å². The third kappa shape index (κ3) is 3.81. The predicted octanol–water partition coefficient (Wildman–Crippen LogP) is 7.93. The van der Waals surface area contributed by atoms with E-state index in [9.17, 15) is 4.79 Å². The maximum Gasteiger partial charge on any atom is 0.255 e. The van der Waals surface area contributed by atoms with Crippen molar-refractivity contribution in [2.24, 2.45) is 0 Å². The van der Waals surface area contributed by atoms with Gasteiger partial charge >= 0.3 is 0 Å². The summed E-state index contributed by atoms with van der Waals surface area (Å²) in [6.45, 7) is 0.607. The highest BCUT2D eigenvalue weighted by atomic mass is 35.5. The number of amides is 1. The first-order valence-electron chi connectivity index (χ1n) is 11.6. The zero-order chi connectivity index (χ0) is 23.9. The molecule has 172 valence electrons. The lowest BCUT2D eigenvalue weighted by Gasteiger charge is -2.27. The van der Waals surface area contributed by atoms with Crippen LogP contribution in [0.15, 0.2) is 97.1 Å². The van der Waals surface area contributed by atoms with Gasteiger partial charge in [-0.05, 0) is 47.9 Å². The number of benzene rings is 4. The monoisotopic (exact) mass is 496 g/mol. The number of fused-ring (bicyclic) bond motifs is 2. The van der Waals surface area contributed by atoms with Crippen molar-refractivity contribution in [1.29, 1.82) is 0 Å². The Labute approximate surface area is 213 Å². The first-order chi connectivity index (χ1) is 17.1. The van der Waals surface area contributed by atoms with Crippen molar-refractivity contribution in [3.63, 3.8) is 0 Å². The second-order valence-electron chi connectivity index (χ2n) is 8.81. The van der Waals surface area contributed by atoms with E-state index in [0.29, 0.717) is 16.6 Å². The van der Waals surface area contributed by atoms with Crippen molar-refractivity contribution in [3.8, 4) is 11.3 Å². The van der Waals surface area contributed by atoms with Crippen LogP contribution in [0.25, 0.3) is 22.2 Å². The minimum absolute atomic E-state index is 0.0555. The molecule has 35 heavy (non-hydrogen) atoms. The molecule has 1 aliphatic rings. The lowest BCUT2D eigenvalue weighted by atomic mass is 9.93. The van der Waals surface area contributed by atoms with Crippen LogP contribution in [0.4, 0.5) is 0 Å².